The molecule has 3 aromatic rings. The molecule has 1 aromatic heterocycles. The van der Waals surface area contributed by atoms with E-state index in [2.05, 4.69) is 21.6 Å². The quantitative estimate of drug-likeness (QED) is 0.548. The fraction of sp³-hybridized carbons (Fsp3) is 0.375. The van der Waals surface area contributed by atoms with Crippen molar-refractivity contribution >= 4 is 23.4 Å². The molecule has 2 aliphatic rings. The lowest BCUT2D eigenvalue weighted by Crippen LogP contribution is -2.40. The molecule has 0 bridgehead atoms. The van der Waals surface area contributed by atoms with E-state index in [4.69, 9.17) is 9.47 Å². The molecule has 8 heteroatoms. The van der Waals surface area contributed by atoms with Crippen molar-refractivity contribution in [3.8, 4) is 17.2 Å². The van der Waals surface area contributed by atoms with Crippen molar-refractivity contribution in [2.24, 2.45) is 0 Å². The van der Waals surface area contributed by atoms with Gasteiger partial charge in [-0.3, -0.25) is 9.36 Å². The van der Waals surface area contributed by atoms with Gasteiger partial charge in [0, 0.05) is 30.3 Å². The highest BCUT2D eigenvalue weighted by Gasteiger charge is 2.42. The Hall–Kier alpha value is -3.00. The first-order chi connectivity index (χ1) is 15.5. The fourth-order valence-corrected chi connectivity index (χ4v) is 5.09. The second-order valence-corrected chi connectivity index (χ2v) is 9.32. The maximum Gasteiger partial charge on any atom is 0.251 e. The predicted molar refractivity (Wildman–Crippen MR) is 124 cm³/mol. The van der Waals surface area contributed by atoms with Crippen molar-refractivity contribution in [2.75, 3.05) is 11.1 Å². The largest absolute Gasteiger partial charge is 0.448 e. The van der Waals surface area contributed by atoms with E-state index in [1.807, 2.05) is 54.8 Å². The average molecular weight is 451 g/mol. The average Bonchev–Trinajstić information content (AvgIpc) is 3.32. The lowest BCUT2D eigenvalue weighted by Gasteiger charge is -2.31. The van der Waals surface area contributed by atoms with Crippen LogP contribution in [-0.2, 0) is 4.79 Å². The summed E-state index contributed by atoms with van der Waals surface area (Å²) in [6.45, 7) is 3.95. The third-order valence-corrected chi connectivity index (χ3v) is 6.75. The second kappa shape index (κ2) is 8.50. The number of fused-ring (bicyclic) bond motifs is 1. The number of carbonyl (C=O) groups is 1. The lowest BCUT2D eigenvalue weighted by molar-refractivity contribution is -0.113. The van der Waals surface area contributed by atoms with Crippen LogP contribution in [0.25, 0.3) is 5.69 Å². The summed E-state index contributed by atoms with van der Waals surface area (Å²) >= 11 is 1.36. The van der Waals surface area contributed by atoms with Gasteiger partial charge in [0.1, 0.15) is 5.82 Å². The van der Waals surface area contributed by atoms with Crippen LogP contribution in [0.3, 0.4) is 0 Å². The number of aryl methyl sites for hydroxylation is 2. The number of nitrogens with one attached hydrogen (secondary N) is 1. The van der Waals surface area contributed by atoms with Gasteiger partial charge in [0.25, 0.3) is 5.79 Å². The maximum absolute atomic E-state index is 12.6. The van der Waals surface area contributed by atoms with Crippen molar-refractivity contribution in [3.63, 3.8) is 0 Å². The van der Waals surface area contributed by atoms with Gasteiger partial charge in [-0.1, -0.05) is 30.3 Å². The number of nitrogens with zero attached hydrogens (tertiary/aromatic N) is 3. The highest BCUT2D eigenvalue weighted by atomic mass is 32.2. The Kier molecular flexibility index (Phi) is 5.55. The number of amides is 1. The third kappa shape index (κ3) is 4.19. The molecule has 1 spiro atoms. The first-order valence-corrected chi connectivity index (χ1v) is 11.9. The van der Waals surface area contributed by atoms with Gasteiger partial charge in [0.15, 0.2) is 16.7 Å². The Morgan fingerprint density at radius 1 is 1.06 bits per heavy atom. The summed E-state index contributed by atoms with van der Waals surface area (Å²) in [5, 5.41) is 12.1. The van der Waals surface area contributed by atoms with Crippen molar-refractivity contribution < 1.29 is 14.3 Å². The zero-order valence-corrected chi connectivity index (χ0v) is 19.1. The molecule has 5 rings (SSSR count). The summed E-state index contributed by atoms with van der Waals surface area (Å²) in [4.78, 5) is 12.6. The minimum absolute atomic E-state index is 0.113. The molecule has 0 radical (unpaired) electrons. The van der Waals surface area contributed by atoms with E-state index in [0.29, 0.717) is 16.6 Å². The smallest absolute Gasteiger partial charge is 0.251 e. The van der Waals surface area contributed by atoms with E-state index in [1.165, 1.54) is 18.2 Å². The molecule has 2 heterocycles. The topological polar surface area (TPSA) is 78.3 Å². The minimum Gasteiger partial charge on any atom is -0.448 e. The van der Waals surface area contributed by atoms with Gasteiger partial charge in [-0.25, -0.2) is 0 Å². The van der Waals surface area contributed by atoms with Crippen LogP contribution < -0.4 is 14.8 Å². The highest BCUT2D eigenvalue weighted by molar-refractivity contribution is 7.99. The first kappa shape index (κ1) is 20.9. The Balaban J connectivity index is 1.23. The molecule has 2 aromatic carbocycles. The van der Waals surface area contributed by atoms with Crippen LogP contribution in [0.15, 0.2) is 47.6 Å². The number of benzene rings is 2. The number of hydrogen-bond donors (Lipinski definition) is 1. The fourth-order valence-electron chi connectivity index (χ4n) is 4.29. The van der Waals surface area contributed by atoms with Gasteiger partial charge >= 0.3 is 0 Å². The van der Waals surface area contributed by atoms with E-state index in [1.54, 1.807) is 0 Å². The van der Waals surface area contributed by atoms with Gasteiger partial charge in [-0.2, -0.15) is 0 Å². The monoisotopic (exact) mass is 450 g/mol. The molecule has 1 fully saturated rings. The Bertz CT molecular complexity index is 1150. The van der Waals surface area contributed by atoms with E-state index in [0.717, 1.165) is 48.5 Å². The first-order valence-electron chi connectivity index (χ1n) is 11.0. The summed E-state index contributed by atoms with van der Waals surface area (Å²) in [5.41, 5.74) is 2.84. The normalized spacial score (nSPS) is 16.3. The van der Waals surface area contributed by atoms with Crippen LogP contribution in [0.5, 0.6) is 11.5 Å². The zero-order valence-electron chi connectivity index (χ0n) is 18.3. The molecule has 1 saturated carbocycles. The molecule has 166 valence electrons. The molecule has 0 atom stereocenters. The molecule has 1 aliphatic heterocycles. The minimum atomic E-state index is -0.517. The molecule has 1 N–H and O–H groups in total. The van der Waals surface area contributed by atoms with E-state index < -0.39 is 5.79 Å². The third-order valence-electron chi connectivity index (χ3n) is 5.82. The summed E-state index contributed by atoms with van der Waals surface area (Å²) in [6.07, 6.45) is 5.26. The summed E-state index contributed by atoms with van der Waals surface area (Å²) < 4.78 is 14.2. The molecular weight excluding hydrogens is 424 g/mol. The van der Waals surface area contributed by atoms with Crippen molar-refractivity contribution in [1.29, 1.82) is 0 Å². The van der Waals surface area contributed by atoms with E-state index in [-0.39, 0.29) is 11.7 Å². The molecular formula is C24H26N4O3S. The number of rotatable bonds is 5. The van der Waals surface area contributed by atoms with Crippen LogP contribution in [0.4, 0.5) is 5.69 Å². The summed E-state index contributed by atoms with van der Waals surface area (Å²) in [6, 6.07) is 13.7. The standard InChI is InChI=1S/C24H26N4O3S/c1-16-7-6-8-19(13-16)28-17(2)26-27-23(28)32-15-22(29)25-18-9-10-20-21(14-18)31-24(30-20)11-4-3-5-12-24/h6-10,13-14H,3-5,11-12,15H2,1-2H3,(H,25,29). The molecule has 32 heavy (non-hydrogen) atoms. The number of anilines is 1. The molecule has 1 amide bonds. The van der Waals surface area contributed by atoms with Crippen LogP contribution in [0.2, 0.25) is 0 Å². The molecule has 1 aliphatic carbocycles. The van der Waals surface area contributed by atoms with Gasteiger partial charge in [0.2, 0.25) is 5.91 Å². The van der Waals surface area contributed by atoms with E-state index in [9.17, 15) is 4.79 Å². The molecule has 7 nitrogen and oxygen atoms in total. The number of aromatic nitrogens is 3. The molecule has 0 saturated heterocycles. The zero-order chi connectivity index (χ0) is 22.1. The second-order valence-electron chi connectivity index (χ2n) is 8.38. The van der Waals surface area contributed by atoms with Gasteiger partial charge < -0.3 is 14.8 Å². The van der Waals surface area contributed by atoms with Gasteiger partial charge in [-0.05, 0) is 56.5 Å². The number of hydrogen-bond acceptors (Lipinski definition) is 6. The summed E-state index contributed by atoms with van der Waals surface area (Å²) in [7, 11) is 0. The number of carbonyl (C=O) groups excluding carboxylic acids is 1. The highest BCUT2D eigenvalue weighted by Crippen LogP contribution is 2.46. The van der Waals surface area contributed by atoms with Crippen LogP contribution in [0, 0.1) is 13.8 Å². The van der Waals surface area contributed by atoms with Gasteiger partial charge in [-0.15, -0.1) is 10.2 Å². The summed E-state index contributed by atoms with van der Waals surface area (Å²) in [5.74, 6) is 1.83. The number of thioether (sulfide) groups is 1. The SMILES string of the molecule is Cc1cccc(-n2c(C)nnc2SCC(=O)Nc2ccc3c(c2)OC2(CCCCC2)O3)c1. The van der Waals surface area contributed by atoms with Gasteiger partial charge in [0.05, 0.1) is 5.75 Å². The van der Waals surface area contributed by atoms with E-state index >= 15 is 0 Å². The lowest BCUT2D eigenvalue weighted by atomic mass is 9.94. The Labute approximate surface area is 191 Å². The number of ether oxygens (including phenoxy) is 2. The Morgan fingerprint density at radius 3 is 2.69 bits per heavy atom. The van der Waals surface area contributed by atoms with Crippen molar-refractivity contribution in [3.05, 3.63) is 53.9 Å². The van der Waals surface area contributed by atoms with Crippen LogP contribution >= 0.6 is 11.8 Å². The van der Waals surface area contributed by atoms with Crippen LogP contribution in [0.1, 0.15) is 43.5 Å². The van der Waals surface area contributed by atoms with Crippen LogP contribution in [-0.4, -0.2) is 32.2 Å². The molecule has 0 unspecified atom stereocenters. The predicted octanol–water partition coefficient (Wildman–Crippen LogP) is 5.05. The van der Waals surface area contributed by atoms with Crippen molar-refractivity contribution in [2.45, 2.75) is 56.9 Å². The maximum atomic E-state index is 12.6. The van der Waals surface area contributed by atoms with Crippen molar-refractivity contribution in [1.82, 2.24) is 14.8 Å². The Morgan fingerprint density at radius 2 is 1.88 bits per heavy atom.